The molecule has 0 aromatic carbocycles. The van der Waals surface area contributed by atoms with Crippen molar-refractivity contribution in [3.63, 3.8) is 0 Å². The Bertz CT molecular complexity index is 258. The Labute approximate surface area is 73.0 Å². The van der Waals surface area contributed by atoms with Crippen molar-refractivity contribution in [3.8, 4) is 0 Å². The van der Waals surface area contributed by atoms with Crippen molar-refractivity contribution in [2.75, 3.05) is 17.6 Å². The highest BCUT2D eigenvalue weighted by atomic mass is 15.0. The Morgan fingerprint density at radius 2 is 2.25 bits per heavy atom. The Balaban J connectivity index is 3.00. The smallest absolute Gasteiger partial charge is 0.131 e. The van der Waals surface area contributed by atoms with E-state index in [9.17, 15) is 0 Å². The Morgan fingerprint density at radius 3 is 2.83 bits per heavy atom. The average molecular weight is 165 g/mol. The lowest BCUT2D eigenvalue weighted by molar-refractivity contribution is 1.07. The van der Waals surface area contributed by atoms with Crippen LogP contribution in [0.15, 0.2) is 12.3 Å². The summed E-state index contributed by atoms with van der Waals surface area (Å²) in [5.41, 5.74) is 7.72. The first-order chi connectivity index (χ1) is 5.79. The number of nitrogens with one attached hydrogen (secondary N) is 1. The van der Waals surface area contributed by atoms with Crippen LogP contribution in [0.4, 0.5) is 11.5 Å². The molecule has 0 radical (unpaired) electrons. The van der Waals surface area contributed by atoms with Gasteiger partial charge in [-0.1, -0.05) is 6.92 Å². The first-order valence-electron chi connectivity index (χ1n) is 4.26. The molecule has 1 aromatic heterocycles. The van der Waals surface area contributed by atoms with Gasteiger partial charge in [-0.15, -0.1) is 0 Å². The Morgan fingerprint density at radius 1 is 1.50 bits per heavy atom. The predicted octanol–water partition coefficient (Wildman–Crippen LogP) is 1.66. The average Bonchev–Trinajstić information content (AvgIpc) is 2.05. The van der Waals surface area contributed by atoms with E-state index in [0.29, 0.717) is 0 Å². The molecule has 3 heteroatoms. The maximum atomic E-state index is 5.78. The van der Waals surface area contributed by atoms with Crippen LogP contribution < -0.4 is 11.1 Å². The summed E-state index contributed by atoms with van der Waals surface area (Å²) in [5, 5.41) is 3.18. The molecule has 3 nitrogen and oxygen atoms in total. The second-order valence-electron chi connectivity index (χ2n) is 2.61. The number of anilines is 2. The third-order valence-corrected chi connectivity index (χ3v) is 1.79. The predicted molar refractivity (Wildman–Crippen MR) is 52.2 cm³/mol. The van der Waals surface area contributed by atoms with Crippen molar-refractivity contribution in [3.05, 3.63) is 17.8 Å². The van der Waals surface area contributed by atoms with Gasteiger partial charge in [-0.2, -0.15) is 0 Å². The topological polar surface area (TPSA) is 50.9 Å². The normalized spacial score (nSPS) is 9.83. The number of aromatic nitrogens is 1. The van der Waals surface area contributed by atoms with E-state index in [-0.39, 0.29) is 0 Å². The van der Waals surface area contributed by atoms with E-state index in [1.54, 1.807) is 6.20 Å². The first-order valence-corrected chi connectivity index (χ1v) is 4.26. The second-order valence-corrected chi connectivity index (χ2v) is 2.61. The molecule has 1 aromatic rings. The third-order valence-electron chi connectivity index (χ3n) is 1.79. The number of hydrogen-bond acceptors (Lipinski definition) is 3. The second kappa shape index (κ2) is 3.95. The molecule has 0 saturated carbocycles. The summed E-state index contributed by atoms with van der Waals surface area (Å²) in [6, 6.07) is 1.83. The molecule has 0 aliphatic carbocycles. The van der Waals surface area contributed by atoms with Crippen LogP contribution in [0, 0.1) is 0 Å². The van der Waals surface area contributed by atoms with Gasteiger partial charge in [0.15, 0.2) is 0 Å². The summed E-state index contributed by atoms with van der Waals surface area (Å²) in [7, 11) is 0. The van der Waals surface area contributed by atoms with Crippen molar-refractivity contribution in [1.29, 1.82) is 0 Å². The Hall–Kier alpha value is -1.25. The van der Waals surface area contributed by atoms with Crippen LogP contribution in [0.2, 0.25) is 0 Å². The minimum absolute atomic E-state index is 0.823. The van der Waals surface area contributed by atoms with Crippen molar-refractivity contribution >= 4 is 11.5 Å². The number of hydrogen-bond donors (Lipinski definition) is 2. The molecule has 0 amide bonds. The van der Waals surface area contributed by atoms with E-state index in [4.69, 9.17) is 5.73 Å². The maximum Gasteiger partial charge on any atom is 0.131 e. The SMILES string of the molecule is CCNc1nccc(N)c1CC. The highest BCUT2D eigenvalue weighted by molar-refractivity contribution is 5.58. The van der Waals surface area contributed by atoms with E-state index in [0.717, 1.165) is 30.0 Å². The molecule has 0 spiro atoms. The highest BCUT2D eigenvalue weighted by Gasteiger charge is 2.03. The van der Waals surface area contributed by atoms with Gasteiger partial charge >= 0.3 is 0 Å². The van der Waals surface area contributed by atoms with Crippen LogP contribution in [-0.4, -0.2) is 11.5 Å². The summed E-state index contributed by atoms with van der Waals surface area (Å²) in [6.45, 7) is 5.00. The maximum absolute atomic E-state index is 5.78. The van der Waals surface area contributed by atoms with E-state index in [1.807, 2.05) is 13.0 Å². The first kappa shape index (κ1) is 8.84. The molecule has 0 saturated heterocycles. The lowest BCUT2D eigenvalue weighted by Gasteiger charge is -2.09. The van der Waals surface area contributed by atoms with Crippen LogP contribution in [0.3, 0.4) is 0 Å². The van der Waals surface area contributed by atoms with Crippen LogP contribution in [-0.2, 0) is 6.42 Å². The van der Waals surface area contributed by atoms with Crippen molar-refractivity contribution in [1.82, 2.24) is 4.98 Å². The number of pyridine rings is 1. The summed E-state index contributed by atoms with van der Waals surface area (Å²) in [5.74, 6) is 0.917. The standard InChI is InChI=1S/C9H15N3/c1-3-7-8(10)5-6-12-9(7)11-4-2/h5-6H,3-4H2,1-2H3,(H3,10,11,12). The van der Waals surface area contributed by atoms with E-state index < -0.39 is 0 Å². The molecule has 0 atom stereocenters. The summed E-state index contributed by atoms with van der Waals surface area (Å²) >= 11 is 0. The largest absolute Gasteiger partial charge is 0.398 e. The van der Waals surface area contributed by atoms with Gasteiger partial charge in [0.1, 0.15) is 5.82 Å². The van der Waals surface area contributed by atoms with Gasteiger partial charge in [0.25, 0.3) is 0 Å². The van der Waals surface area contributed by atoms with Crippen molar-refractivity contribution in [2.45, 2.75) is 20.3 Å². The van der Waals surface area contributed by atoms with Gasteiger partial charge in [0, 0.05) is 24.0 Å². The zero-order valence-electron chi connectivity index (χ0n) is 7.59. The number of nitrogens with two attached hydrogens (primary N) is 1. The fraction of sp³-hybridized carbons (Fsp3) is 0.444. The zero-order chi connectivity index (χ0) is 8.97. The fourth-order valence-corrected chi connectivity index (χ4v) is 1.20. The lowest BCUT2D eigenvalue weighted by atomic mass is 10.1. The molecule has 1 rings (SSSR count). The molecule has 12 heavy (non-hydrogen) atoms. The highest BCUT2D eigenvalue weighted by Crippen LogP contribution is 2.19. The fourth-order valence-electron chi connectivity index (χ4n) is 1.20. The molecule has 66 valence electrons. The summed E-state index contributed by atoms with van der Waals surface area (Å²) in [4.78, 5) is 4.21. The van der Waals surface area contributed by atoms with Gasteiger partial charge in [0.05, 0.1) is 0 Å². The van der Waals surface area contributed by atoms with Crippen molar-refractivity contribution in [2.24, 2.45) is 0 Å². The Kier molecular flexibility index (Phi) is 2.91. The van der Waals surface area contributed by atoms with E-state index in [1.165, 1.54) is 0 Å². The molecule has 3 N–H and O–H groups in total. The molecule has 1 heterocycles. The van der Waals surface area contributed by atoms with Gasteiger partial charge in [-0.05, 0) is 19.4 Å². The zero-order valence-corrected chi connectivity index (χ0v) is 7.59. The van der Waals surface area contributed by atoms with E-state index >= 15 is 0 Å². The van der Waals surface area contributed by atoms with Crippen LogP contribution in [0.1, 0.15) is 19.4 Å². The van der Waals surface area contributed by atoms with Crippen LogP contribution >= 0.6 is 0 Å². The van der Waals surface area contributed by atoms with Gasteiger partial charge in [-0.3, -0.25) is 0 Å². The number of nitrogens with zero attached hydrogens (tertiary/aromatic N) is 1. The van der Waals surface area contributed by atoms with Gasteiger partial charge in [0.2, 0.25) is 0 Å². The van der Waals surface area contributed by atoms with Crippen LogP contribution in [0.25, 0.3) is 0 Å². The lowest BCUT2D eigenvalue weighted by Crippen LogP contribution is -2.05. The van der Waals surface area contributed by atoms with E-state index in [2.05, 4.69) is 17.2 Å². The van der Waals surface area contributed by atoms with Crippen molar-refractivity contribution < 1.29 is 0 Å². The molecule has 0 aliphatic heterocycles. The third kappa shape index (κ3) is 1.67. The number of rotatable bonds is 3. The minimum Gasteiger partial charge on any atom is -0.398 e. The molecule has 0 bridgehead atoms. The summed E-state index contributed by atoms with van der Waals surface area (Å²) in [6.07, 6.45) is 2.65. The van der Waals surface area contributed by atoms with Crippen LogP contribution in [0.5, 0.6) is 0 Å². The van der Waals surface area contributed by atoms with Gasteiger partial charge < -0.3 is 11.1 Å². The quantitative estimate of drug-likeness (QED) is 0.716. The molecule has 0 aliphatic rings. The minimum atomic E-state index is 0.823. The monoisotopic (exact) mass is 165 g/mol. The molecule has 0 unspecified atom stereocenters. The summed E-state index contributed by atoms with van der Waals surface area (Å²) < 4.78 is 0. The molecule has 0 fully saturated rings. The van der Waals surface area contributed by atoms with Gasteiger partial charge in [-0.25, -0.2) is 4.98 Å². The molecular weight excluding hydrogens is 150 g/mol. The molecular formula is C9H15N3. The number of nitrogen functional groups attached to an aromatic ring is 1.